The molecule has 74 valence electrons. The molecular weight excluding hydrogens is 240 g/mol. The summed E-state index contributed by atoms with van der Waals surface area (Å²) in [5.41, 5.74) is 0.951. The molecule has 2 rings (SSSR count). The Labute approximate surface area is 92.6 Å². The van der Waals surface area contributed by atoms with E-state index in [1.54, 1.807) is 0 Å². The molecule has 1 aliphatic rings. The molecule has 0 amide bonds. The van der Waals surface area contributed by atoms with Crippen LogP contribution in [0.15, 0.2) is 28.7 Å². The van der Waals surface area contributed by atoms with Crippen molar-refractivity contribution in [3.63, 3.8) is 0 Å². The predicted octanol–water partition coefficient (Wildman–Crippen LogP) is 3.46. The van der Waals surface area contributed by atoms with Crippen LogP contribution in [0.1, 0.15) is 31.2 Å². The molecule has 1 aliphatic carbocycles. The Morgan fingerprint density at radius 3 is 2.43 bits per heavy atom. The molecule has 0 aliphatic heterocycles. The molecular formula is C12H13BrO. The Bertz CT molecular complexity index is 340. The molecule has 0 atom stereocenters. The molecule has 1 aromatic rings. The van der Waals surface area contributed by atoms with E-state index in [-0.39, 0.29) is 5.41 Å². The van der Waals surface area contributed by atoms with Crippen molar-refractivity contribution in [2.24, 2.45) is 0 Å². The van der Waals surface area contributed by atoms with Gasteiger partial charge in [0.25, 0.3) is 0 Å². The molecule has 0 spiro atoms. The van der Waals surface area contributed by atoms with Crippen LogP contribution in [0.5, 0.6) is 0 Å². The standard InChI is InChI=1S/C12H13BrO/c13-11-6-2-1-5-10(11)12(9-14)7-3-4-8-12/h1-2,5-6,9H,3-4,7-8H2. The molecule has 1 saturated carbocycles. The van der Waals surface area contributed by atoms with Gasteiger partial charge in [-0.2, -0.15) is 0 Å². The molecule has 0 heterocycles. The molecule has 0 unspecified atom stereocenters. The topological polar surface area (TPSA) is 17.1 Å². The Morgan fingerprint density at radius 2 is 1.86 bits per heavy atom. The van der Waals surface area contributed by atoms with E-state index in [4.69, 9.17) is 0 Å². The van der Waals surface area contributed by atoms with Crippen molar-refractivity contribution >= 4 is 22.2 Å². The number of carbonyl (C=O) groups is 1. The smallest absolute Gasteiger partial charge is 0.130 e. The Kier molecular flexibility index (Phi) is 2.73. The highest BCUT2D eigenvalue weighted by molar-refractivity contribution is 9.10. The van der Waals surface area contributed by atoms with Gasteiger partial charge in [-0.1, -0.05) is 47.0 Å². The zero-order valence-electron chi connectivity index (χ0n) is 8.00. The first-order valence-corrected chi connectivity index (χ1v) is 5.79. The highest BCUT2D eigenvalue weighted by Gasteiger charge is 2.36. The Hall–Kier alpha value is -0.630. The number of halogens is 1. The predicted molar refractivity (Wildman–Crippen MR) is 60.4 cm³/mol. The van der Waals surface area contributed by atoms with E-state index in [2.05, 4.69) is 22.0 Å². The summed E-state index contributed by atoms with van der Waals surface area (Å²) < 4.78 is 1.06. The third kappa shape index (κ3) is 1.52. The number of benzene rings is 1. The van der Waals surface area contributed by atoms with Gasteiger partial charge in [0.05, 0.1) is 5.41 Å². The van der Waals surface area contributed by atoms with Crippen LogP contribution < -0.4 is 0 Å². The van der Waals surface area contributed by atoms with Crippen molar-refractivity contribution in [3.05, 3.63) is 34.3 Å². The van der Waals surface area contributed by atoms with E-state index in [0.29, 0.717) is 0 Å². The lowest BCUT2D eigenvalue weighted by Gasteiger charge is -2.23. The second-order valence-electron chi connectivity index (χ2n) is 3.96. The van der Waals surface area contributed by atoms with Gasteiger partial charge in [0.1, 0.15) is 6.29 Å². The van der Waals surface area contributed by atoms with Crippen molar-refractivity contribution in [3.8, 4) is 0 Å². The number of hydrogen-bond acceptors (Lipinski definition) is 1. The van der Waals surface area contributed by atoms with Gasteiger partial charge in [0.2, 0.25) is 0 Å². The van der Waals surface area contributed by atoms with Gasteiger partial charge < -0.3 is 4.79 Å². The summed E-state index contributed by atoms with van der Waals surface area (Å²) in [5.74, 6) is 0. The summed E-state index contributed by atoms with van der Waals surface area (Å²) >= 11 is 3.52. The van der Waals surface area contributed by atoms with E-state index in [0.717, 1.165) is 29.2 Å². The molecule has 1 nitrogen and oxygen atoms in total. The summed E-state index contributed by atoms with van der Waals surface area (Å²) in [6.45, 7) is 0. The lowest BCUT2D eigenvalue weighted by Crippen LogP contribution is -2.24. The largest absolute Gasteiger partial charge is 0.302 e. The van der Waals surface area contributed by atoms with Gasteiger partial charge in [-0.25, -0.2) is 0 Å². The highest BCUT2D eigenvalue weighted by Crippen LogP contribution is 2.42. The molecule has 0 N–H and O–H groups in total. The normalized spacial score (nSPS) is 19.5. The molecule has 2 heteroatoms. The maximum atomic E-state index is 11.3. The van der Waals surface area contributed by atoms with E-state index < -0.39 is 0 Å². The summed E-state index contributed by atoms with van der Waals surface area (Å²) in [4.78, 5) is 11.3. The maximum absolute atomic E-state index is 11.3. The number of hydrogen-bond donors (Lipinski definition) is 0. The minimum Gasteiger partial charge on any atom is -0.302 e. The van der Waals surface area contributed by atoms with Crippen LogP contribution in [0.2, 0.25) is 0 Å². The van der Waals surface area contributed by atoms with Crippen molar-refractivity contribution in [2.75, 3.05) is 0 Å². The van der Waals surface area contributed by atoms with Gasteiger partial charge >= 0.3 is 0 Å². The van der Waals surface area contributed by atoms with Crippen molar-refractivity contribution in [1.29, 1.82) is 0 Å². The Morgan fingerprint density at radius 1 is 1.21 bits per heavy atom. The first-order valence-electron chi connectivity index (χ1n) is 5.00. The van der Waals surface area contributed by atoms with E-state index in [9.17, 15) is 4.79 Å². The van der Waals surface area contributed by atoms with E-state index >= 15 is 0 Å². The first-order chi connectivity index (χ1) is 6.78. The van der Waals surface area contributed by atoms with Crippen LogP contribution in [-0.4, -0.2) is 6.29 Å². The minimum absolute atomic E-state index is 0.208. The van der Waals surface area contributed by atoms with Crippen LogP contribution in [-0.2, 0) is 10.2 Å². The third-order valence-electron chi connectivity index (χ3n) is 3.13. The van der Waals surface area contributed by atoms with Gasteiger partial charge in [-0.15, -0.1) is 0 Å². The van der Waals surface area contributed by atoms with Crippen LogP contribution >= 0.6 is 15.9 Å². The zero-order chi connectivity index (χ0) is 10.0. The van der Waals surface area contributed by atoms with Crippen LogP contribution in [0.25, 0.3) is 0 Å². The average Bonchev–Trinajstić information content (AvgIpc) is 2.68. The fourth-order valence-electron chi connectivity index (χ4n) is 2.32. The minimum atomic E-state index is -0.208. The van der Waals surface area contributed by atoms with E-state index in [1.165, 1.54) is 12.8 Å². The van der Waals surface area contributed by atoms with Crippen molar-refractivity contribution in [1.82, 2.24) is 0 Å². The zero-order valence-corrected chi connectivity index (χ0v) is 9.59. The van der Waals surface area contributed by atoms with Gasteiger partial charge in [-0.3, -0.25) is 0 Å². The quantitative estimate of drug-likeness (QED) is 0.737. The monoisotopic (exact) mass is 252 g/mol. The number of carbonyl (C=O) groups excluding carboxylic acids is 1. The van der Waals surface area contributed by atoms with Gasteiger partial charge in [0.15, 0.2) is 0 Å². The van der Waals surface area contributed by atoms with E-state index in [1.807, 2.05) is 18.2 Å². The van der Waals surface area contributed by atoms with Crippen molar-refractivity contribution < 1.29 is 4.79 Å². The van der Waals surface area contributed by atoms with Crippen LogP contribution in [0.3, 0.4) is 0 Å². The molecule has 1 aromatic carbocycles. The summed E-state index contributed by atoms with van der Waals surface area (Å²) in [6, 6.07) is 8.06. The molecule has 0 saturated heterocycles. The second kappa shape index (κ2) is 3.85. The molecule has 0 radical (unpaired) electrons. The highest BCUT2D eigenvalue weighted by atomic mass is 79.9. The lowest BCUT2D eigenvalue weighted by molar-refractivity contribution is -0.112. The second-order valence-corrected chi connectivity index (χ2v) is 4.82. The molecule has 14 heavy (non-hydrogen) atoms. The number of aldehydes is 1. The number of rotatable bonds is 2. The molecule has 1 fully saturated rings. The van der Waals surface area contributed by atoms with Crippen LogP contribution in [0, 0.1) is 0 Å². The third-order valence-corrected chi connectivity index (χ3v) is 3.82. The maximum Gasteiger partial charge on any atom is 0.130 e. The summed E-state index contributed by atoms with van der Waals surface area (Å²) in [6.07, 6.45) is 5.47. The average molecular weight is 253 g/mol. The van der Waals surface area contributed by atoms with Crippen molar-refractivity contribution in [2.45, 2.75) is 31.1 Å². The molecule has 0 bridgehead atoms. The van der Waals surface area contributed by atoms with Gasteiger partial charge in [0, 0.05) is 4.47 Å². The first kappa shape index (κ1) is 9.91. The Balaban J connectivity index is 2.46. The van der Waals surface area contributed by atoms with Crippen LogP contribution in [0.4, 0.5) is 0 Å². The fourth-order valence-corrected chi connectivity index (χ4v) is 3.00. The fraction of sp³-hybridized carbons (Fsp3) is 0.417. The SMILES string of the molecule is O=CC1(c2ccccc2Br)CCCC1. The summed E-state index contributed by atoms with van der Waals surface area (Å²) in [5, 5.41) is 0. The lowest BCUT2D eigenvalue weighted by atomic mass is 9.80. The molecule has 0 aromatic heterocycles. The summed E-state index contributed by atoms with van der Waals surface area (Å²) in [7, 11) is 0. The van der Waals surface area contributed by atoms with Gasteiger partial charge in [-0.05, 0) is 24.5 Å².